The van der Waals surface area contributed by atoms with Crippen LogP contribution in [0.25, 0.3) is 10.9 Å². The first-order valence-corrected chi connectivity index (χ1v) is 7.00. The van der Waals surface area contributed by atoms with Crippen molar-refractivity contribution in [2.45, 2.75) is 0 Å². The largest absolute Gasteiger partial charge is 0.409 e. The smallest absolute Gasteiger partial charge is 0.170 e. The molecule has 1 aromatic carbocycles. The number of amidine groups is 1. The van der Waals surface area contributed by atoms with Gasteiger partial charge in [-0.3, -0.25) is 0 Å². The highest BCUT2D eigenvalue weighted by molar-refractivity contribution is 6.08. The van der Waals surface area contributed by atoms with E-state index in [-0.39, 0.29) is 5.84 Å². The number of rotatable bonds is 2. The average molecular weight is 285 g/mol. The summed E-state index contributed by atoms with van der Waals surface area (Å²) in [5.41, 5.74) is 7.40. The monoisotopic (exact) mass is 285 g/mol. The summed E-state index contributed by atoms with van der Waals surface area (Å²) in [6.45, 7) is 3.87. The summed E-state index contributed by atoms with van der Waals surface area (Å²) in [7, 11) is 2.12. The van der Waals surface area contributed by atoms with Crippen molar-refractivity contribution in [1.82, 2.24) is 9.88 Å². The average Bonchev–Trinajstić information content (AvgIpc) is 2.53. The van der Waals surface area contributed by atoms with Gasteiger partial charge in [-0.25, -0.2) is 4.98 Å². The second-order valence-electron chi connectivity index (χ2n) is 5.32. The Hall–Kier alpha value is -2.34. The van der Waals surface area contributed by atoms with Gasteiger partial charge in [0.2, 0.25) is 0 Å². The molecule has 1 fully saturated rings. The molecule has 0 aliphatic carbocycles. The van der Waals surface area contributed by atoms with Gasteiger partial charge in [0.05, 0.1) is 5.52 Å². The van der Waals surface area contributed by atoms with Crippen molar-refractivity contribution >= 4 is 22.6 Å². The number of hydrogen-bond donors (Lipinski definition) is 2. The lowest BCUT2D eigenvalue weighted by molar-refractivity contribution is 0.312. The molecular formula is C15H19N5O. The third kappa shape index (κ3) is 2.62. The van der Waals surface area contributed by atoms with E-state index in [1.807, 2.05) is 30.3 Å². The number of benzene rings is 1. The number of piperazine rings is 1. The van der Waals surface area contributed by atoms with E-state index in [9.17, 15) is 0 Å². The van der Waals surface area contributed by atoms with E-state index in [4.69, 9.17) is 15.9 Å². The van der Waals surface area contributed by atoms with E-state index in [1.165, 1.54) is 0 Å². The van der Waals surface area contributed by atoms with Crippen molar-refractivity contribution in [3.63, 3.8) is 0 Å². The van der Waals surface area contributed by atoms with Gasteiger partial charge < -0.3 is 20.7 Å². The second kappa shape index (κ2) is 5.57. The Morgan fingerprint density at radius 2 is 1.95 bits per heavy atom. The fourth-order valence-corrected chi connectivity index (χ4v) is 2.62. The standard InChI is InChI=1S/C15H19N5O/c1-19-6-8-20(9-7-19)14-10-12(15(16)18-21)11-4-2-3-5-13(11)17-14/h2-5,10,21H,6-9H2,1H3,(H2,16,18). The Balaban J connectivity index is 2.08. The van der Waals surface area contributed by atoms with Gasteiger partial charge in [0.25, 0.3) is 0 Å². The maximum Gasteiger partial charge on any atom is 0.170 e. The van der Waals surface area contributed by atoms with Gasteiger partial charge in [0, 0.05) is 37.1 Å². The Bertz CT molecular complexity index is 677. The maximum absolute atomic E-state index is 9.01. The highest BCUT2D eigenvalue weighted by Crippen LogP contribution is 2.23. The van der Waals surface area contributed by atoms with Gasteiger partial charge in [0.1, 0.15) is 5.82 Å². The van der Waals surface area contributed by atoms with E-state index in [0.29, 0.717) is 0 Å². The number of para-hydroxylation sites is 1. The molecule has 1 aliphatic rings. The van der Waals surface area contributed by atoms with Gasteiger partial charge in [-0.2, -0.15) is 0 Å². The van der Waals surface area contributed by atoms with Crippen molar-refractivity contribution in [3.8, 4) is 0 Å². The minimum Gasteiger partial charge on any atom is -0.409 e. The molecule has 1 aliphatic heterocycles. The Morgan fingerprint density at radius 1 is 1.24 bits per heavy atom. The van der Waals surface area contributed by atoms with Crippen molar-refractivity contribution < 1.29 is 5.21 Å². The van der Waals surface area contributed by atoms with Crippen LogP contribution in [0.4, 0.5) is 5.82 Å². The first-order valence-electron chi connectivity index (χ1n) is 7.00. The van der Waals surface area contributed by atoms with Gasteiger partial charge in [-0.15, -0.1) is 0 Å². The van der Waals surface area contributed by atoms with E-state index in [1.54, 1.807) is 0 Å². The minimum absolute atomic E-state index is 0.115. The first kappa shape index (κ1) is 13.6. The summed E-state index contributed by atoms with van der Waals surface area (Å²) < 4.78 is 0. The van der Waals surface area contributed by atoms with Crippen LogP contribution >= 0.6 is 0 Å². The van der Waals surface area contributed by atoms with Crippen LogP contribution in [0.3, 0.4) is 0 Å². The predicted molar refractivity (Wildman–Crippen MR) is 84.0 cm³/mol. The third-order valence-corrected chi connectivity index (χ3v) is 3.91. The molecule has 3 rings (SSSR count). The predicted octanol–water partition coefficient (Wildman–Crippen LogP) is 1.08. The zero-order valence-corrected chi connectivity index (χ0v) is 12.0. The zero-order valence-electron chi connectivity index (χ0n) is 12.0. The number of fused-ring (bicyclic) bond motifs is 1. The van der Waals surface area contributed by atoms with Crippen LogP contribution in [0.5, 0.6) is 0 Å². The van der Waals surface area contributed by atoms with E-state index in [0.717, 1.165) is 48.5 Å². The molecule has 0 radical (unpaired) electrons. The SMILES string of the molecule is CN1CCN(c2cc(C(N)=NO)c3ccccc3n2)CC1. The fourth-order valence-electron chi connectivity index (χ4n) is 2.62. The van der Waals surface area contributed by atoms with Crippen LogP contribution in [-0.4, -0.2) is 54.2 Å². The molecule has 0 spiro atoms. The molecule has 21 heavy (non-hydrogen) atoms. The van der Waals surface area contributed by atoms with Crippen LogP contribution in [0.15, 0.2) is 35.5 Å². The molecule has 2 heterocycles. The number of anilines is 1. The summed E-state index contributed by atoms with van der Waals surface area (Å²) in [6, 6.07) is 9.65. The van der Waals surface area contributed by atoms with Crippen LogP contribution in [0, 0.1) is 0 Å². The maximum atomic E-state index is 9.01. The quantitative estimate of drug-likeness (QED) is 0.374. The number of oxime groups is 1. The highest BCUT2D eigenvalue weighted by Gasteiger charge is 2.18. The number of pyridine rings is 1. The third-order valence-electron chi connectivity index (χ3n) is 3.91. The molecule has 0 bridgehead atoms. The molecule has 1 aromatic heterocycles. The molecule has 3 N–H and O–H groups in total. The second-order valence-corrected chi connectivity index (χ2v) is 5.32. The number of nitrogens with zero attached hydrogens (tertiary/aromatic N) is 4. The van der Waals surface area contributed by atoms with Gasteiger partial charge in [0.15, 0.2) is 5.84 Å². The number of nitrogens with two attached hydrogens (primary N) is 1. The number of hydrogen-bond acceptors (Lipinski definition) is 5. The summed E-state index contributed by atoms with van der Waals surface area (Å²) in [4.78, 5) is 9.25. The van der Waals surface area contributed by atoms with Crippen molar-refractivity contribution in [1.29, 1.82) is 0 Å². The van der Waals surface area contributed by atoms with Crippen LogP contribution in [-0.2, 0) is 0 Å². The molecule has 0 unspecified atom stereocenters. The first-order chi connectivity index (χ1) is 10.2. The van der Waals surface area contributed by atoms with Crippen molar-refractivity contribution in [2.75, 3.05) is 38.1 Å². The van der Waals surface area contributed by atoms with Crippen LogP contribution < -0.4 is 10.6 Å². The van der Waals surface area contributed by atoms with Crippen LogP contribution in [0.2, 0.25) is 0 Å². The summed E-state index contributed by atoms with van der Waals surface area (Å²) in [5.74, 6) is 0.993. The Labute approximate surface area is 123 Å². The lowest BCUT2D eigenvalue weighted by atomic mass is 10.1. The molecule has 6 nitrogen and oxygen atoms in total. The van der Waals surface area contributed by atoms with E-state index >= 15 is 0 Å². The molecule has 110 valence electrons. The summed E-state index contributed by atoms with van der Waals surface area (Å²) in [6.07, 6.45) is 0. The normalized spacial score (nSPS) is 17.4. The molecule has 0 amide bonds. The fraction of sp³-hybridized carbons (Fsp3) is 0.333. The molecule has 1 saturated heterocycles. The summed E-state index contributed by atoms with van der Waals surface area (Å²) >= 11 is 0. The summed E-state index contributed by atoms with van der Waals surface area (Å²) in [5, 5.41) is 13.0. The number of likely N-dealkylation sites (N-methyl/N-ethyl adjacent to an activating group) is 1. The topological polar surface area (TPSA) is 78.0 Å². The highest BCUT2D eigenvalue weighted by atomic mass is 16.4. The zero-order chi connectivity index (χ0) is 14.8. The molecule has 2 aromatic rings. The Morgan fingerprint density at radius 3 is 2.67 bits per heavy atom. The van der Waals surface area contributed by atoms with Crippen molar-refractivity contribution in [3.05, 3.63) is 35.9 Å². The molecule has 0 saturated carbocycles. The lowest BCUT2D eigenvalue weighted by Crippen LogP contribution is -2.44. The van der Waals surface area contributed by atoms with E-state index < -0.39 is 0 Å². The van der Waals surface area contributed by atoms with Gasteiger partial charge >= 0.3 is 0 Å². The van der Waals surface area contributed by atoms with Gasteiger partial charge in [-0.1, -0.05) is 23.4 Å². The molecular weight excluding hydrogens is 266 g/mol. The van der Waals surface area contributed by atoms with Gasteiger partial charge in [-0.05, 0) is 19.2 Å². The van der Waals surface area contributed by atoms with Crippen molar-refractivity contribution in [2.24, 2.45) is 10.9 Å². The van der Waals surface area contributed by atoms with Crippen LogP contribution in [0.1, 0.15) is 5.56 Å². The molecule has 0 atom stereocenters. The Kier molecular flexibility index (Phi) is 3.62. The van der Waals surface area contributed by atoms with E-state index in [2.05, 4.69) is 22.0 Å². The minimum atomic E-state index is 0.115. The number of aromatic nitrogens is 1. The molecule has 6 heteroatoms. The lowest BCUT2D eigenvalue weighted by Gasteiger charge is -2.33.